The molecule has 0 aliphatic heterocycles. The molecular weight excluding hydrogens is 374 g/mol. The molecule has 0 fully saturated rings. The van der Waals surface area contributed by atoms with E-state index in [1.165, 1.54) is 18.7 Å². The number of benzene rings is 2. The van der Waals surface area contributed by atoms with Crippen LogP contribution in [0.2, 0.25) is 0 Å². The molecule has 0 aliphatic rings. The molecule has 2 aromatic carbocycles. The first-order valence-electron chi connectivity index (χ1n) is 8.60. The van der Waals surface area contributed by atoms with Gasteiger partial charge in [-0.1, -0.05) is 18.2 Å². The lowest BCUT2D eigenvalue weighted by Gasteiger charge is -2.06. The average Bonchev–Trinajstić information content (AvgIpc) is 3.18. The molecule has 0 saturated heterocycles. The number of fused-ring (bicyclic) bond motifs is 1. The van der Waals surface area contributed by atoms with Crippen LogP contribution in [0.15, 0.2) is 77.0 Å². The number of carbonyl (C=O) groups is 1. The second kappa shape index (κ2) is 7.77. The minimum Gasteiger partial charge on any atom is -0.546 e. The molecule has 2 aromatic heterocycles. The maximum Gasteiger partial charge on any atom is 0.285 e. The van der Waals surface area contributed by atoms with E-state index in [2.05, 4.69) is 15.2 Å². The molecule has 0 unspecified atom stereocenters. The zero-order valence-corrected chi connectivity index (χ0v) is 15.0. The highest BCUT2D eigenvalue weighted by atomic mass is 16.5. The Morgan fingerprint density at radius 3 is 2.62 bits per heavy atom. The van der Waals surface area contributed by atoms with Crippen LogP contribution in [0.4, 0.5) is 0 Å². The average molecular weight is 388 g/mol. The van der Waals surface area contributed by atoms with E-state index >= 15 is 0 Å². The van der Waals surface area contributed by atoms with E-state index in [0.29, 0.717) is 22.3 Å². The summed E-state index contributed by atoms with van der Waals surface area (Å²) in [5.74, 6) is -0.909. The van der Waals surface area contributed by atoms with E-state index < -0.39 is 12.6 Å². The molecule has 0 N–H and O–H groups in total. The Balaban J connectivity index is 1.58. The van der Waals surface area contributed by atoms with Crippen LogP contribution in [-0.2, 0) is 4.79 Å². The lowest BCUT2D eigenvalue weighted by molar-refractivity contribution is -0.307. The van der Waals surface area contributed by atoms with Crippen LogP contribution >= 0.6 is 0 Å². The van der Waals surface area contributed by atoms with Gasteiger partial charge in [0.2, 0.25) is 0 Å². The van der Waals surface area contributed by atoms with Crippen LogP contribution in [0.3, 0.4) is 0 Å². The number of carbonyl (C=O) groups excluding carboxylic acids is 1. The third kappa shape index (κ3) is 3.88. The molecule has 0 atom stereocenters. The minimum atomic E-state index is -1.30. The molecule has 4 rings (SSSR count). The Hall–Kier alpha value is -4.27. The van der Waals surface area contributed by atoms with E-state index in [1.54, 1.807) is 28.9 Å². The molecular formula is C20H14N5O4-. The Labute approximate surface area is 164 Å². The van der Waals surface area contributed by atoms with E-state index in [4.69, 9.17) is 4.74 Å². The first-order chi connectivity index (χ1) is 14.1. The standard InChI is InChI=1S/C20H15N5O4/c26-18(27)12-29-16-8-6-14(7-9-16)10-22-24-13-21-19-17(20(24)28)11-23-25(19)15-4-2-1-3-5-15/h1-11,13H,12H2,(H,26,27)/p-1/b22-10-. The summed E-state index contributed by atoms with van der Waals surface area (Å²) in [6, 6.07) is 15.9. The Morgan fingerprint density at radius 1 is 1.14 bits per heavy atom. The third-order valence-electron chi connectivity index (χ3n) is 4.04. The molecule has 4 aromatic rings. The molecule has 9 heteroatoms. The number of carboxylic acids is 1. The number of carboxylic acid groups (broad SMARTS) is 1. The number of aliphatic carboxylic acids is 1. The van der Waals surface area contributed by atoms with E-state index in [9.17, 15) is 14.7 Å². The van der Waals surface area contributed by atoms with E-state index in [1.807, 2.05) is 30.3 Å². The molecule has 144 valence electrons. The first kappa shape index (κ1) is 18.1. The highest BCUT2D eigenvalue weighted by Crippen LogP contribution is 2.13. The molecule has 0 saturated carbocycles. The van der Waals surface area contributed by atoms with Gasteiger partial charge in [-0.3, -0.25) is 4.79 Å². The number of rotatable bonds is 6. The second-order valence-electron chi connectivity index (χ2n) is 6.00. The predicted octanol–water partition coefficient (Wildman–Crippen LogP) is 0.593. The topological polar surface area (TPSA) is 114 Å². The van der Waals surface area contributed by atoms with Crippen molar-refractivity contribution in [1.82, 2.24) is 19.4 Å². The van der Waals surface area contributed by atoms with Crippen molar-refractivity contribution in [2.75, 3.05) is 6.61 Å². The molecule has 2 heterocycles. The van der Waals surface area contributed by atoms with Gasteiger partial charge < -0.3 is 14.6 Å². The van der Waals surface area contributed by atoms with Gasteiger partial charge in [0.15, 0.2) is 5.65 Å². The Morgan fingerprint density at radius 2 is 1.90 bits per heavy atom. The van der Waals surface area contributed by atoms with Gasteiger partial charge in [0.05, 0.1) is 24.1 Å². The summed E-state index contributed by atoms with van der Waals surface area (Å²) in [6.45, 7) is -0.523. The quantitative estimate of drug-likeness (QED) is 0.447. The van der Waals surface area contributed by atoms with Crippen LogP contribution in [0, 0.1) is 0 Å². The van der Waals surface area contributed by atoms with Crippen molar-refractivity contribution in [2.45, 2.75) is 0 Å². The summed E-state index contributed by atoms with van der Waals surface area (Å²) in [6.07, 6.45) is 4.28. The van der Waals surface area contributed by atoms with E-state index in [-0.39, 0.29) is 5.56 Å². The lowest BCUT2D eigenvalue weighted by atomic mass is 10.2. The molecule has 0 aliphatic carbocycles. The number of hydrogen-bond acceptors (Lipinski definition) is 7. The van der Waals surface area contributed by atoms with Gasteiger partial charge in [0.1, 0.15) is 24.1 Å². The van der Waals surface area contributed by atoms with Crippen LogP contribution in [-0.4, -0.2) is 38.2 Å². The summed E-state index contributed by atoms with van der Waals surface area (Å²) < 4.78 is 7.73. The van der Waals surface area contributed by atoms with Gasteiger partial charge in [-0.15, -0.1) is 0 Å². The largest absolute Gasteiger partial charge is 0.546 e. The lowest BCUT2D eigenvalue weighted by Crippen LogP contribution is -2.28. The SMILES string of the molecule is O=C([O-])COc1ccc(/C=N\n2cnc3c(cnn3-c3ccccc3)c2=O)cc1. The smallest absolute Gasteiger partial charge is 0.285 e. The van der Waals surface area contributed by atoms with Crippen LogP contribution in [0.5, 0.6) is 5.75 Å². The maximum absolute atomic E-state index is 12.7. The third-order valence-corrected chi connectivity index (χ3v) is 4.04. The number of ether oxygens (including phenoxy) is 1. The van der Waals surface area contributed by atoms with Gasteiger partial charge in [-0.05, 0) is 42.0 Å². The summed E-state index contributed by atoms with van der Waals surface area (Å²) in [7, 11) is 0. The van der Waals surface area contributed by atoms with Gasteiger partial charge in [-0.25, -0.2) is 9.67 Å². The predicted molar refractivity (Wildman–Crippen MR) is 103 cm³/mol. The van der Waals surface area contributed by atoms with Crippen LogP contribution in [0.25, 0.3) is 16.7 Å². The molecule has 0 spiro atoms. The van der Waals surface area contributed by atoms with Gasteiger partial charge in [-0.2, -0.15) is 14.9 Å². The van der Waals surface area contributed by atoms with Crippen molar-refractivity contribution in [3.8, 4) is 11.4 Å². The zero-order chi connectivity index (χ0) is 20.2. The maximum atomic E-state index is 12.7. The fraction of sp³-hybridized carbons (Fsp3) is 0.0500. The first-order valence-corrected chi connectivity index (χ1v) is 8.60. The van der Waals surface area contributed by atoms with Gasteiger partial charge in [0, 0.05) is 0 Å². The van der Waals surface area contributed by atoms with Crippen molar-refractivity contribution in [2.24, 2.45) is 5.10 Å². The summed E-state index contributed by atoms with van der Waals surface area (Å²) in [5.41, 5.74) is 1.60. The van der Waals surface area contributed by atoms with Crippen LogP contribution < -0.4 is 15.4 Å². The highest BCUT2D eigenvalue weighted by molar-refractivity contribution is 5.80. The minimum absolute atomic E-state index is 0.345. The Bertz CT molecular complexity index is 1240. The van der Waals surface area contributed by atoms with Crippen molar-refractivity contribution in [1.29, 1.82) is 0 Å². The summed E-state index contributed by atoms with van der Waals surface area (Å²) >= 11 is 0. The highest BCUT2D eigenvalue weighted by Gasteiger charge is 2.10. The fourth-order valence-electron chi connectivity index (χ4n) is 2.66. The number of nitrogens with zero attached hydrogens (tertiary/aromatic N) is 5. The van der Waals surface area contributed by atoms with Gasteiger partial charge in [0.25, 0.3) is 5.56 Å². The van der Waals surface area contributed by atoms with Crippen molar-refractivity contribution < 1.29 is 14.6 Å². The van der Waals surface area contributed by atoms with Crippen molar-refractivity contribution >= 4 is 23.2 Å². The van der Waals surface area contributed by atoms with Crippen molar-refractivity contribution in [3.05, 3.63) is 83.0 Å². The molecule has 0 amide bonds. The number of hydrogen-bond donors (Lipinski definition) is 0. The zero-order valence-electron chi connectivity index (χ0n) is 15.0. The second-order valence-corrected chi connectivity index (χ2v) is 6.00. The van der Waals surface area contributed by atoms with Gasteiger partial charge >= 0.3 is 0 Å². The fourth-order valence-corrected chi connectivity index (χ4v) is 2.66. The molecule has 0 bridgehead atoms. The molecule has 29 heavy (non-hydrogen) atoms. The molecule has 9 nitrogen and oxygen atoms in total. The summed E-state index contributed by atoms with van der Waals surface area (Å²) in [4.78, 5) is 27.4. The normalized spacial score (nSPS) is 11.2. The number of para-hydroxylation sites is 1. The van der Waals surface area contributed by atoms with E-state index in [0.717, 1.165) is 10.4 Å². The van der Waals surface area contributed by atoms with Crippen LogP contribution in [0.1, 0.15) is 5.56 Å². The molecule has 0 radical (unpaired) electrons. The number of aromatic nitrogens is 4. The Kier molecular flexibility index (Phi) is 4.85. The summed E-state index contributed by atoms with van der Waals surface area (Å²) in [5, 5.41) is 19.2. The van der Waals surface area contributed by atoms with Crippen molar-refractivity contribution in [3.63, 3.8) is 0 Å². The monoisotopic (exact) mass is 388 g/mol.